The Morgan fingerprint density at radius 2 is 1.79 bits per heavy atom. The highest BCUT2D eigenvalue weighted by Crippen LogP contribution is 2.27. The minimum atomic E-state index is -0.562. The van der Waals surface area contributed by atoms with Crippen LogP contribution in [0.5, 0.6) is 5.75 Å². The van der Waals surface area contributed by atoms with Crippen molar-refractivity contribution in [1.29, 1.82) is 0 Å². The number of β-amino-alcohol motifs (C(OH)–C–C–N with tert-alkyl or cyclic N) is 1. The number of piperidine rings is 1. The third kappa shape index (κ3) is 5.03. The van der Waals surface area contributed by atoms with Crippen molar-refractivity contribution in [1.82, 2.24) is 9.88 Å². The smallest absolute Gasteiger partial charge is 0.123 e. The van der Waals surface area contributed by atoms with E-state index >= 15 is 0 Å². The summed E-state index contributed by atoms with van der Waals surface area (Å²) < 4.78 is 5.84. The van der Waals surface area contributed by atoms with Crippen LogP contribution < -0.4 is 10.5 Å². The van der Waals surface area contributed by atoms with Crippen molar-refractivity contribution >= 4 is 16.6 Å². The summed E-state index contributed by atoms with van der Waals surface area (Å²) in [5, 5.41) is 22.1. The number of hydrogen-bond acceptors (Lipinski definition) is 6. The number of aliphatic hydroxyl groups excluding tert-OH is 2. The van der Waals surface area contributed by atoms with Gasteiger partial charge >= 0.3 is 0 Å². The van der Waals surface area contributed by atoms with Crippen LogP contribution in [0.3, 0.4) is 0 Å². The Morgan fingerprint density at radius 3 is 2.55 bits per heavy atom. The molecule has 0 saturated carbocycles. The number of hydrogen-bond donors (Lipinski definition) is 3. The maximum atomic E-state index is 10.3. The molecule has 0 amide bonds. The number of aromatic nitrogens is 1. The van der Waals surface area contributed by atoms with Crippen LogP contribution in [0.2, 0.25) is 0 Å². The Bertz CT molecular complexity index is 953. The van der Waals surface area contributed by atoms with Crippen molar-refractivity contribution in [2.75, 3.05) is 32.0 Å². The van der Waals surface area contributed by atoms with E-state index in [9.17, 15) is 10.2 Å². The van der Waals surface area contributed by atoms with Crippen LogP contribution in [0.15, 0.2) is 54.7 Å². The highest BCUT2D eigenvalue weighted by molar-refractivity contribution is 5.88. The van der Waals surface area contributed by atoms with Crippen molar-refractivity contribution in [3.63, 3.8) is 0 Å². The molecule has 1 aliphatic heterocycles. The van der Waals surface area contributed by atoms with E-state index < -0.39 is 6.10 Å². The zero-order chi connectivity index (χ0) is 20.2. The van der Waals surface area contributed by atoms with Crippen LogP contribution in [-0.4, -0.2) is 58.5 Å². The van der Waals surface area contributed by atoms with Crippen LogP contribution in [-0.2, 0) is 0 Å². The first-order chi connectivity index (χ1) is 14.1. The maximum absolute atomic E-state index is 10.3. The molecule has 0 radical (unpaired) electrons. The second-order valence-corrected chi connectivity index (χ2v) is 7.69. The van der Waals surface area contributed by atoms with Crippen LogP contribution in [0.1, 0.15) is 12.8 Å². The minimum absolute atomic E-state index is 0.203. The van der Waals surface area contributed by atoms with Gasteiger partial charge in [0, 0.05) is 31.4 Å². The molecule has 0 bridgehead atoms. The first-order valence-corrected chi connectivity index (χ1v) is 10.0. The summed E-state index contributed by atoms with van der Waals surface area (Å²) in [4.78, 5) is 6.34. The van der Waals surface area contributed by atoms with E-state index in [0.29, 0.717) is 12.4 Å². The fraction of sp³-hybridized carbons (Fsp3) is 0.348. The van der Waals surface area contributed by atoms with Crippen LogP contribution in [0.25, 0.3) is 21.9 Å². The molecular formula is C23H27N3O3. The summed E-state index contributed by atoms with van der Waals surface area (Å²) in [5.74, 6) is 1.24. The molecule has 6 heteroatoms. The second-order valence-electron chi connectivity index (χ2n) is 7.69. The minimum Gasteiger partial charge on any atom is -0.491 e. The third-order valence-corrected chi connectivity index (χ3v) is 5.40. The number of nitrogens with two attached hydrogens (primary N) is 1. The SMILES string of the molecule is Nc1ccc(-c2ccc3ccc(OCC(O)CN4CCC(O)CC4)cc3c2)cn1. The Morgan fingerprint density at radius 1 is 1.03 bits per heavy atom. The average molecular weight is 393 g/mol. The molecule has 4 rings (SSSR count). The molecule has 152 valence electrons. The summed E-state index contributed by atoms with van der Waals surface area (Å²) in [6.45, 7) is 2.44. The predicted octanol–water partition coefficient (Wildman–Crippen LogP) is 2.68. The number of nitrogens with zero attached hydrogens (tertiary/aromatic N) is 2. The fourth-order valence-electron chi connectivity index (χ4n) is 3.72. The molecule has 1 fully saturated rings. The molecule has 29 heavy (non-hydrogen) atoms. The van der Waals surface area contributed by atoms with Gasteiger partial charge in [-0.05, 0) is 59.5 Å². The summed E-state index contributed by atoms with van der Waals surface area (Å²) in [6.07, 6.45) is 2.54. The normalized spacial score (nSPS) is 16.8. The van der Waals surface area contributed by atoms with E-state index in [4.69, 9.17) is 10.5 Å². The number of benzene rings is 2. The number of ether oxygens (including phenoxy) is 1. The third-order valence-electron chi connectivity index (χ3n) is 5.40. The van der Waals surface area contributed by atoms with Gasteiger partial charge in [0.05, 0.1) is 6.10 Å². The molecule has 0 aliphatic carbocycles. The molecule has 1 saturated heterocycles. The molecule has 1 unspecified atom stereocenters. The van der Waals surface area contributed by atoms with Gasteiger partial charge in [0.25, 0.3) is 0 Å². The van der Waals surface area contributed by atoms with E-state index in [-0.39, 0.29) is 12.7 Å². The molecule has 1 aromatic heterocycles. The Balaban J connectivity index is 1.40. The van der Waals surface area contributed by atoms with Crippen molar-refractivity contribution < 1.29 is 14.9 Å². The molecule has 1 atom stereocenters. The van der Waals surface area contributed by atoms with Gasteiger partial charge < -0.3 is 25.6 Å². The number of fused-ring (bicyclic) bond motifs is 1. The number of likely N-dealkylation sites (tertiary alicyclic amines) is 1. The molecule has 3 aromatic rings. The van der Waals surface area contributed by atoms with Crippen molar-refractivity contribution in [2.24, 2.45) is 0 Å². The van der Waals surface area contributed by atoms with Gasteiger partial charge in [0.1, 0.15) is 24.3 Å². The summed E-state index contributed by atoms with van der Waals surface area (Å²) in [6, 6.07) is 15.9. The predicted molar refractivity (Wildman–Crippen MR) is 115 cm³/mol. The van der Waals surface area contributed by atoms with E-state index in [1.165, 1.54) is 0 Å². The van der Waals surface area contributed by atoms with Gasteiger partial charge in [-0.15, -0.1) is 0 Å². The lowest BCUT2D eigenvalue weighted by atomic mass is 10.0. The molecule has 2 heterocycles. The molecule has 2 aromatic carbocycles. The topological polar surface area (TPSA) is 91.8 Å². The largest absolute Gasteiger partial charge is 0.491 e. The standard InChI is InChI=1S/C23H27N3O3/c24-23-6-4-18(13-25-23)17-2-1-16-3-5-22(12-19(16)11-17)29-15-21(28)14-26-9-7-20(27)8-10-26/h1-6,11-13,20-21,27-28H,7-10,14-15H2,(H2,24,25). The lowest BCUT2D eigenvalue weighted by Crippen LogP contribution is -2.41. The summed E-state index contributed by atoms with van der Waals surface area (Å²) in [7, 11) is 0. The maximum Gasteiger partial charge on any atom is 0.123 e. The quantitative estimate of drug-likeness (QED) is 0.596. The van der Waals surface area contributed by atoms with E-state index in [1.54, 1.807) is 12.3 Å². The first kappa shape index (κ1) is 19.6. The highest BCUT2D eigenvalue weighted by atomic mass is 16.5. The number of aliphatic hydroxyl groups is 2. The number of anilines is 1. The summed E-state index contributed by atoms with van der Waals surface area (Å²) >= 11 is 0. The number of rotatable bonds is 6. The molecule has 0 spiro atoms. The van der Waals surface area contributed by atoms with Crippen molar-refractivity contribution in [3.05, 3.63) is 54.7 Å². The Labute approximate surface area is 170 Å². The molecule has 6 nitrogen and oxygen atoms in total. The van der Waals surface area contributed by atoms with Crippen molar-refractivity contribution in [3.8, 4) is 16.9 Å². The van der Waals surface area contributed by atoms with Crippen LogP contribution in [0, 0.1) is 0 Å². The lowest BCUT2D eigenvalue weighted by Gasteiger charge is -2.30. The van der Waals surface area contributed by atoms with Gasteiger partial charge in [-0.2, -0.15) is 0 Å². The second kappa shape index (κ2) is 8.78. The number of pyridine rings is 1. The van der Waals surface area contributed by atoms with Crippen molar-refractivity contribution in [2.45, 2.75) is 25.0 Å². The Kier molecular flexibility index (Phi) is 5.94. The van der Waals surface area contributed by atoms with Crippen LogP contribution in [0.4, 0.5) is 5.82 Å². The first-order valence-electron chi connectivity index (χ1n) is 10.0. The molecule has 1 aliphatic rings. The van der Waals surface area contributed by atoms with E-state index in [2.05, 4.69) is 28.1 Å². The van der Waals surface area contributed by atoms with E-state index in [1.807, 2.05) is 24.3 Å². The Hall–Kier alpha value is -2.67. The summed E-state index contributed by atoms with van der Waals surface area (Å²) in [5.41, 5.74) is 7.75. The van der Waals surface area contributed by atoms with Gasteiger partial charge in [-0.1, -0.05) is 18.2 Å². The zero-order valence-corrected chi connectivity index (χ0v) is 16.4. The number of nitrogen functional groups attached to an aromatic ring is 1. The molecular weight excluding hydrogens is 366 g/mol. The molecule has 4 N–H and O–H groups in total. The zero-order valence-electron chi connectivity index (χ0n) is 16.4. The fourth-order valence-corrected chi connectivity index (χ4v) is 3.72. The van der Waals surface area contributed by atoms with Gasteiger partial charge in [0.15, 0.2) is 0 Å². The van der Waals surface area contributed by atoms with E-state index in [0.717, 1.165) is 53.6 Å². The monoisotopic (exact) mass is 393 g/mol. The average Bonchev–Trinajstić information content (AvgIpc) is 2.74. The lowest BCUT2D eigenvalue weighted by molar-refractivity contribution is 0.0338. The highest BCUT2D eigenvalue weighted by Gasteiger charge is 2.19. The van der Waals surface area contributed by atoms with Gasteiger partial charge in [-0.25, -0.2) is 4.98 Å². The van der Waals surface area contributed by atoms with Gasteiger partial charge in [0.2, 0.25) is 0 Å². The van der Waals surface area contributed by atoms with Crippen LogP contribution >= 0.6 is 0 Å². The van der Waals surface area contributed by atoms with Gasteiger partial charge in [-0.3, -0.25) is 0 Å².